The number of amides is 1. The second-order valence-corrected chi connectivity index (χ2v) is 4.67. The number of nitrogens with zero attached hydrogens (tertiary/aromatic N) is 2. The molecule has 0 unspecified atom stereocenters. The summed E-state index contributed by atoms with van der Waals surface area (Å²) in [7, 11) is 0. The zero-order chi connectivity index (χ0) is 15.4. The first-order valence-electron chi connectivity index (χ1n) is 6.62. The van der Waals surface area contributed by atoms with E-state index in [0.717, 1.165) is 5.56 Å². The maximum absolute atomic E-state index is 13.1. The van der Waals surface area contributed by atoms with Crippen molar-refractivity contribution >= 4 is 11.8 Å². The zero-order valence-electron chi connectivity index (χ0n) is 11.5. The molecule has 0 aliphatic rings. The van der Waals surface area contributed by atoms with E-state index < -0.39 is 0 Å². The van der Waals surface area contributed by atoms with Gasteiger partial charge in [0.05, 0.1) is 6.42 Å². The van der Waals surface area contributed by atoms with Gasteiger partial charge in [-0.2, -0.15) is 0 Å². The molecule has 3 aromatic rings. The highest BCUT2D eigenvalue weighted by Crippen LogP contribution is 2.20. The van der Waals surface area contributed by atoms with Crippen LogP contribution in [-0.2, 0) is 11.2 Å². The molecular formula is C16H12FN3O2. The van der Waals surface area contributed by atoms with Crippen LogP contribution in [0.15, 0.2) is 59.4 Å². The van der Waals surface area contributed by atoms with Crippen LogP contribution in [0.25, 0.3) is 11.3 Å². The summed E-state index contributed by atoms with van der Waals surface area (Å²) in [6, 6.07) is 11.1. The van der Waals surface area contributed by atoms with Gasteiger partial charge in [-0.1, -0.05) is 17.3 Å². The lowest BCUT2D eigenvalue weighted by atomic mass is 10.1. The lowest BCUT2D eigenvalue weighted by Crippen LogP contribution is -2.13. The van der Waals surface area contributed by atoms with Crippen molar-refractivity contribution in [2.75, 3.05) is 5.32 Å². The highest BCUT2D eigenvalue weighted by atomic mass is 19.1. The predicted octanol–water partition coefficient (Wildman–Crippen LogP) is 3.06. The highest BCUT2D eigenvalue weighted by molar-refractivity contribution is 5.91. The zero-order valence-corrected chi connectivity index (χ0v) is 11.5. The quantitative estimate of drug-likeness (QED) is 0.803. The number of hydrogen-bond donors (Lipinski definition) is 1. The van der Waals surface area contributed by atoms with E-state index in [-0.39, 0.29) is 24.0 Å². The van der Waals surface area contributed by atoms with E-state index in [1.54, 1.807) is 36.7 Å². The van der Waals surface area contributed by atoms with Gasteiger partial charge in [0, 0.05) is 24.0 Å². The summed E-state index contributed by atoms with van der Waals surface area (Å²) >= 11 is 0. The van der Waals surface area contributed by atoms with Crippen LogP contribution in [0.5, 0.6) is 0 Å². The molecule has 2 aromatic heterocycles. The molecule has 0 aliphatic heterocycles. The minimum atomic E-state index is -0.371. The van der Waals surface area contributed by atoms with Crippen molar-refractivity contribution in [2.45, 2.75) is 6.42 Å². The summed E-state index contributed by atoms with van der Waals surface area (Å²) in [4.78, 5) is 15.9. The van der Waals surface area contributed by atoms with Gasteiger partial charge >= 0.3 is 0 Å². The molecule has 0 saturated heterocycles. The van der Waals surface area contributed by atoms with Crippen LogP contribution < -0.4 is 5.32 Å². The van der Waals surface area contributed by atoms with Crippen LogP contribution in [0.1, 0.15) is 5.56 Å². The van der Waals surface area contributed by atoms with Crippen LogP contribution in [-0.4, -0.2) is 16.0 Å². The van der Waals surface area contributed by atoms with E-state index in [0.29, 0.717) is 11.3 Å². The Balaban J connectivity index is 1.66. The van der Waals surface area contributed by atoms with Gasteiger partial charge in [-0.3, -0.25) is 15.1 Å². The number of pyridine rings is 1. The van der Waals surface area contributed by atoms with Gasteiger partial charge in [0.1, 0.15) is 11.5 Å². The van der Waals surface area contributed by atoms with Crippen molar-refractivity contribution in [3.8, 4) is 11.3 Å². The van der Waals surface area contributed by atoms with Crippen molar-refractivity contribution in [3.63, 3.8) is 0 Å². The second-order valence-electron chi connectivity index (χ2n) is 4.67. The largest absolute Gasteiger partial charge is 0.338 e. The molecule has 5 nitrogen and oxygen atoms in total. The van der Waals surface area contributed by atoms with Crippen molar-refractivity contribution in [1.82, 2.24) is 10.1 Å². The van der Waals surface area contributed by atoms with Gasteiger partial charge in [-0.05, 0) is 29.8 Å². The number of rotatable bonds is 4. The van der Waals surface area contributed by atoms with E-state index in [9.17, 15) is 9.18 Å². The SMILES string of the molecule is O=C(Cc1cccc(F)c1)Nc1cc(-c2cccnc2)no1. The molecule has 110 valence electrons. The molecule has 6 heteroatoms. The third-order valence-electron chi connectivity index (χ3n) is 2.98. The maximum atomic E-state index is 13.1. The maximum Gasteiger partial charge on any atom is 0.231 e. The number of carbonyl (C=O) groups is 1. The van der Waals surface area contributed by atoms with E-state index in [1.807, 2.05) is 6.07 Å². The highest BCUT2D eigenvalue weighted by Gasteiger charge is 2.10. The molecule has 1 amide bonds. The Morgan fingerprint density at radius 3 is 2.91 bits per heavy atom. The number of anilines is 1. The molecule has 0 fully saturated rings. The number of benzene rings is 1. The topological polar surface area (TPSA) is 68.0 Å². The molecular weight excluding hydrogens is 285 g/mol. The van der Waals surface area contributed by atoms with E-state index in [1.165, 1.54) is 12.1 Å². The average molecular weight is 297 g/mol. The molecule has 1 aromatic carbocycles. The predicted molar refractivity (Wildman–Crippen MR) is 78.5 cm³/mol. The fourth-order valence-corrected chi connectivity index (χ4v) is 2.00. The van der Waals surface area contributed by atoms with Crippen LogP contribution in [0.4, 0.5) is 10.3 Å². The molecule has 0 saturated carbocycles. The summed E-state index contributed by atoms with van der Waals surface area (Å²) in [6.45, 7) is 0. The third kappa shape index (κ3) is 3.35. The number of hydrogen-bond acceptors (Lipinski definition) is 4. The third-order valence-corrected chi connectivity index (χ3v) is 2.98. The summed E-state index contributed by atoms with van der Waals surface area (Å²) in [6.07, 6.45) is 3.36. The van der Waals surface area contributed by atoms with Gasteiger partial charge in [0.25, 0.3) is 0 Å². The standard InChI is InChI=1S/C16H12FN3O2/c17-13-5-1-3-11(7-13)8-15(21)19-16-9-14(20-22-16)12-4-2-6-18-10-12/h1-7,9-10H,8H2,(H,19,21). The average Bonchev–Trinajstić information content (AvgIpc) is 2.96. The molecule has 1 N–H and O–H groups in total. The molecule has 0 radical (unpaired) electrons. The van der Waals surface area contributed by atoms with E-state index >= 15 is 0 Å². The van der Waals surface area contributed by atoms with Crippen molar-refractivity contribution in [1.29, 1.82) is 0 Å². The van der Waals surface area contributed by atoms with Crippen LogP contribution in [0.2, 0.25) is 0 Å². The van der Waals surface area contributed by atoms with Crippen molar-refractivity contribution in [3.05, 3.63) is 66.2 Å². The minimum absolute atomic E-state index is 0.0562. The first-order chi connectivity index (χ1) is 10.7. The van der Waals surface area contributed by atoms with Crippen LogP contribution >= 0.6 is 0 Å². The number of aromatic nitrogens is 2. The lowest BCUT2D eigenvalue weighted by molar-refractivity contribution is -0.115. The monoisotopic (exact) mass is 297 g/mol. The Morgan fingerprint density at radius 1 is 1.23 bits per heavy atom. The molecule has 22 heavy (non-hydrogen) atoms. The van der Waals surface area contributed by atoms with Gasteiger partial charge < -0.3 is 4.52 Å². The number of halogens is 1. The Hall–Kier alpha value is -3.02. The first kappa shape index (κ1) is 13.9. The molecule has 0 bridgehead atoms. The van der Waals surface area contributed by atoms with Gasteiger partial charge in [-0.15, -0.1) is 0 Å². The molecule has 2 heterocycles. The van der Waals surface area contributed by atoms with E-state index in [4.69, 9.17) is 4.52 Å². The van der Waals surface area contributed by atoms with Crippen molar-refractivity contribution < 1.29 is 13.7 Å². The minimum Gasteiger partial charge on any atom is -0.338 e. The Bertz CT molecular complexity index is 787. The van der Waals surface area contributed by atoms with E-state index in [2.05, 4.69) is 15.5 Å². The summed E-state index contributed by atoms with van der Waals surface area (Å²) in [5.41, 5.74) is 1.95. The van der Waals surface area contributed by atoms with Crippen LogP contribution in [0.3, 0.4) is 0 Å². The van der Waals surface area contributed by atoms with Crippen LogP contribution in [0, 0.1) is 5.82 Å². The lowest BCUT2D eigenvalue weighted by Gasteiger charge is -2.01. The fourth-order valence-electron chi connectivity index (χ4n) is 2.00. The summed E-state index contributed by atoms with van der Waals surface area (Å²) in [5.74, 6) is -0.441. The second kappa shape index (κ2) is 6.17. The Morgan fingerprint density at radius 2 is 2.14 bits per heavy atom. The number of nitrogens with one attached hydrogen (secondary N) is 1. The van der Waals surface area contributed by atoms with Gasteiger partial charge in [0.2, 0.25) is 11.8 Å². The Labute approximate surface area is 125 Å². The fraction of sp³-hybridized carbons (Fsp3) is 0.0625. The molecule has 0 atom stereocenters. The summed E-state index contributed by atoms with van der Waals surface area (Å²) < 4.78 is 18.1. The first-order valence-corrected chi connectivity index (χ1v) is 6.62. The van der Waals surface area contributed by atoms with Crippen molar-refractivity contribution in [2.24, 2.45) is 0 Å². The number of carbonyl (C=O) groups excluding carboxylic acids is 1. The Kier molecular flexibility index (Phi) is 3.91. The molecule has 3 rings (SSSR count). The summed E-state index contributed by atoms with van der Waals surface area (Å²) in [5, 5.41) is 6.46. The molecule has 0 aliphatic carbocycles. The van der Waals surface area contributed by atoms with Gasteiger partial charge in [-0.25, -0.2) is 4.39 Å². The smallest absolute Gasteiger partial charge is 0.231 e. The van der Waals surface area contributed by atoms with Gasteiger partial charge in [0.15, 0.2) is 0 Å². The normalized spacial score (nSPS) is 10.4. The molecule has 0 spiro atoms.